The molecule has 1 aromatic rings. The SMILES string of the molecule is C[Si](Cl)(Cl)CCC[Si](C)(C)c1ccccc1. The van der Waals surface area contributed by atoms with Crippen LogP contribution in [0.2, 0.25) is 31.7 Å². The zero-order valence-corrected chi connectivity index (χ0v) is 13.8. The second-order valence-electron chi connectivity index (χ2n) is 5.17. The van der Waals surface area contributed by atoms with Gasteiger partial charge in [-0.3, -0.25) is 0 Å². The average molecular weight is 291 g/mol. The first-order valence-corrected chi connectivity index (χ1v) is 13.7. The summed E-state index contributed by atoms with van der Waals surface area (Å²) in [5.41, 5.74) is 0. The van der Waals surface area contributed by atoms with Gasteiger partial charge in [0.2, 0.25) is 6.69 Å². The molecule has 0 heterocycles. The van der Waals surface area contributed by atoms with E-state index in [2.05, 4.69) is 43.4 Å². The smallest absolute Gasteiger partial charge is 0.146 e. The van der Waals surface area contributed by atoms with Gasteiger partial charge in [-0.15, -0.1) is 22.2 Å². The molecular formula is C12H20Cl2Si2. The molecule has 90 valence electrons. The summed E-state index contributed by atoms with van der Waals surface area (Å²) in [6.07, 6.45) is 1.17. The molecule has 0 saturated carbocycles. The van der Waals surface area contributed by atoms with E-state index in [9.17, 15) is 0 Å². The van der Waals surface area contributed by atoms with Crippen molar-refractivity contribution in [2.75, 3.05) is 0 Å². The number of rotatable bonds is 5. The lowest BCUT2D eigenvalue weighted by Gasteiger charge is -2.23. The quantitative estimate of drug-likeness (QED) is 0.552. The maximum Gasteiger partial charge on any atom is 0.248 e. The first-order valence-electron chi connectivity index (χ1n) is 5.75. The second-order valence-corrected chi connectivity index (χ2v) is 18.2. The Morgan fingerprint density at radius 3 is 2.00 bits per heavy atom. The predicted octanol–water partition coefficient (Wildman–Crippen LogP) is 4.54. The number of hydrogen-bond acceptors (Lipinski definition) is 0. The zero-order valence-electron chi connectivity index (χ0n) is 10.3. The number of benzene rings is 1. The van der Waals surface area contributed by atoms with Crippen LogP contribution in [-0.4, -0.2) is 14.8 Å². The van der Waals surface area contributed by atoms with Crippen molar-refractivity contribution in [3.05, 3.63) is 30.3 Å². The summed E-state index contributed by atoms with van der Waals surface area (Å²) in [6.45, 7) is 4.96. The Labute approximate surface area is 110 Å². The highest BCUT2D eigenvalue weighted by Gasteiger charge is 2.26. The van der Waals surface area contributed by atoms with Gasteiger partial charge in [-0.05, 0) is 12.6 Å². The third kappa shape index (κ3) is 5.04. The fourth-order valence-corrected chi connectivity index (χ4v) is 6.27. The van der Waals surface area contributed by atoms with Gasteiger partial charge in [0, 0.05) is 0 Å². The van der Waals surface area contributed by atoms with E-state index in [1.54, 1.807) is 0 Å². The summed E-state index contributed by atoms with van der Waals surface area (Å²) >= 11 is 12.3. The second kappa shape index (κ2) is 5.72. The van der Waals surface area contributed by atoms with Crippen molar-refractivity contribution < 1.29 is 0 Å². The number of hydrogen-bond donors (Lipinski definition) is 0. The molecule has 0 aromatic heterocycles. The van der Waals surface area contributed by atoms with Gasteiger partial charge in [0.05, 0.1) is 8.07 Å². The Balaban J connectivity index is 2.53. The molecule has 0 bridgehead atoms. The van der Waals surface area contributed by atoms with Crippen LogP contribution in [0, 0.1) is 0 Å². The number of halogens is 2. The summed E-state index contributed by atoms with van der Waals surface area (Å²) in [5, 5.41) is 1.53. The van der Waals surface area contributed by atoms with E-state index in [0.717, 1.165) is 6.04 Å². The van der Waals surface area contributed by atoms with E-state index < -0.39 is 14.8 Å². The molecule has 4 heteroatoms. The zero-order chi connectivity index (χ0) is 12.2. The fraction of sp³-hybridized carbons (Fsp3) is 0.500. The lowest BCUT2D eigenvalue weighted by atomic mass is 10.4. The summed E-state index contributed by atoms with van der Waals surface area (Å²) in [4.78, 5) is 0. The largest absolute Gasteiger partial charge is 0.248 e. The highest BCUT2D eigenvalue weighted by Crippen LogP contribution is 2.25. The van der Waals surface area contributed by atoms with Crippen LogP contribution in [0.3, 0.4) is 0 Å². The molecule has 0 aliphatic rings. The van der Waals surface area contributed by atoms with Crippen LogP contribution in [0.1, 0.15) is 6.42 Å². The van der Waals surface area contributed by atoms with Crippen LogP contribution < -0.4 is 5.19 Å². The van der Waals surface area contributed by atoms with E-state index in [1.165, 1.54) is 17.7 Å². The predicted molar refractivity (Wildman–Crippen MR) is 81.1 cm³/mol. The first-order chi connectivity index (χ1) is 7.31. The standard InChI is InChI=1S/C12H20Cl2Si2/c1-15(2,10-7-11-16(3,13)14)12-8-5-4-6-9-12/h4-6,8-9H,7,10-11H2,1-3H3. The van der Waals surface area contributed by atoms with Gasteiger partial charge < -0.3 is 0 Å². The Morgan fingerprint density at radius 1 is 0.938 bits per heavy atom. The van der Waals surface area contributed by atoms with Crippen molar-refractivity contribution in [1.29, 1.82) is 0 Å². The van der Waals surface area contributed by atoms with Gasteiger partial charge in [-0.1, -0.05) is 61.1 Å². The molecule has 0 N–H and O–H groups in total. The van der Waals surface area contributed by atoms with Gasteiger partial charge in [-0.25, -0.2) is 0 Å². The molecule has 0 fully saturated rings. The summed E-state index contributed by atoms with van der Waals surface area (Å²) in [5.74, 6) is 0. The molecule has 0 saturated heterocycles. The Bertz CT molecular complexity index is 318. The van der Waals surface area contributed by atoms with Gasteiger partial charge >= 0.3 is 0 Å². The maximum atomic E-state index is 6.13. The first kappa shape index (κ1) is 14.3. The molecule has 0 aliphatic heterocycles. The molecule has 0 aliphatic carbocycles. The van der Waals surface area contributed by atoms with Gasteiger partial charge in [-0.2, -0.15) is 0 Å². The molecule has 0 nitrogen and oxygen atoms in total. The molecule has 0 spiro atoms. The Kier molecular flexibility index (Phi) is 5.11. The van der Waals surface area contributed by atoms with E-state index in [-0.39, 0.29) is 0 Å². The summed E-state index contributed by atoms with van der Waals surface area (Å²) in [6, 6.07) is 13.1. The third-order valence-corrected chi connectivity index (χ3v) is 8.84. The van der Waals surface area contributed by atoms with Gasteiger partial charge in [0.1, 0.15) is 0 Å². The third-order valence-electron chi connectivity index (χ3n) is 2.97. The van der Waals surface area contributed by atoms with Gasteiger partial charge in [0.15, 0.2) is 0 Å². The minimum Gasteiger partial charge on any atom is -0.146 e. The van der Waals surface area contributed by atoms with Crippen LogP contribution in [-0.2, 0) is 0 Å². The maximum absolute atomic E-state index is 6.13. The van der Waals surface area contributed by atoms with Crippen molar-refractivity contribution in [1.82, 2.24) is 0 Å². The van der Waals surface area contributed by atoms with E-state index >= 15 is 0 Å². The Hall–Kier alpha value is 0.234. The van der Waals surface area contributed by atoms with Crippen molar-refractivity contribution >= 4 is 42.1 Å². The molecule has 0 unspecified atom stereocenters. The Morgan fingerprint density at radius 2 is 1.50 bits per heavy atom. The van der Waals surface area contributed by atoms with E-state index in [4.69, 9.17) is 22.2 Å². The highest BCUT2D eigenvalue weighted by atomic mass is 35.7. The molecule has 1 aromatic carbocycles. The summed E-state index contributed by atoms with van der Waals surface area (Å²) < 4.78 is 0. The van der Waals surface area contributed by atoms with Crippen molar-refractivity contribution in [2.45, 2.75) is 38.2 Å². The van der Waals surface area contributed by atoms with Crippen LogP contribution in [0.25, 0.3) is 0 Å². The lowest BCUT2D eigenvalue weighted by molar-refractivity contribution is 1.03. The molecule has 0 atom stereocenters. The van der Waals surface area contributed by atoms with Gasteiger partial charge in [0.25, 0.3) is 0 Å². The fourth-order valence-electron chi connectivity index (χ4n) is 1.87. The van der Waals surface area contributed by atoms with Crippen molar-refractivity contribution in [2.24, 2.45) is 0 Å². The molecule has 1 rings (SSSR count). The molecular weight excluding hydrogens is 271 g/mol. The summed E-state index contributed by atoms with van der Waals surface area (Å²) in [7, 11) is -1.27. The van der Waals surface area contributed by atoms with Crippen LogP contribution in [0.4, 0.5) is 0 Å². The molecule has 0 amide bonds. The minimum atomic E-state index is -1.89. The molecule has 0 radical (unpaired) electrons. The average Bonchev–Trinajstić information content (AvgIpc) is 2.17. The molecule has 16 heavy (non-hydrogen) atoms. The monoisotopic (exact) mass is 290 g/mol. The van der Waals surface area contributed by atoms with Crippen molar-refractivity contribution in [3.63, 3.8) is 0 Å². The minimum absolute atomic E-state index is 1.01. The van der Waals surface area contributed by atoms with Crippen LogP contribution >= 0.6 is 22.2 Å². The van der Waals surface area contributed by atoms with E-state index in [0.29, 0.717) is 0 Å². The topological polar surface area (TPSA) is 0 Å². The lowest BCUT2D eigenvalue weighted by Crippen LogP contribution is -2.41. The highest BCUT2D eigenvalue weighted by molar-refractivity contribution is 7.44. The van der Waals surface area contributed by atoms with Crippen LogP contribution in [0.15, 0.2) is 30.3 Å². The van der Waals surface area contributed by atoms with Crippen molar-refractivity contribution in [3.8, 4) is 0 Å². The van der Waals surface area contributed by atoms with E-state index in [1.807, 2.05) is 6.55 Å². The normalized spacial score (nSPS) is 12.8. The van der Waals surface area contributed by atoms with Crippen LogP contribution in [0.5, 0.6) is 0 Å².